The smallest absolute Gasteiger partial charge is 0.185 e. The third kappa shape index (κ3) is 1.86. The molecule has 1 rings (SSSR count). The van der Waals surface area contributed by atoms with Gasteiger partial charge in [0.25, 0.3) is 0 Å². The highest BCUT2D eigenvalue weighted by Gasteiger charge is 2.36. The molecule has 0 unspecified atom stereocenters. The van der Waals surface area contributed by atoms with Crippen molar-refractivity contribution in [3.8, 4) is 0 Å². The van der Waals surface area contributed by atoms with Crippen molar-refractivity contribution in [1.29, 1.82) is 0 Å². The average molecular weight is 180 g/mol. The van der Waals surface area contributed by atoms with Gasteiger partial charge in [-0.1, -0.05) is 0 Å². The first-order valence-corrected chi connectivity index (χ1v) is 3.87. The van der Waals surface area contributed by atoms with Crippen LogP contribution >= 0.6 is 12.6 Å². The van der Waals surface area contributed by atoms with Crippen molar-refractivity contribution >= 4 is 12.6 Å². The van der Waals surface area contributed by atoms with Crippen LogP contribution in [0.4, 0.5) is 0 Å². The Bertz CT molecular complexity index is 130. The fourth-order valence-corrected chi connectivity index (χ4v) is 1.25. The highest BCUT2D eigenvalue weighted by molar-refractivity contribution is 7.81. The van der Waals surface area contributed by atoms with Gasteiger partial charge < -0.3 is 19.7 Å². The number of ether oxygens (including phenoxy) is 2. The normalized spacial score (nSPS) is 45.8. The van der Waals surface area contributed by atoms with Crippen molar-refractivity contribution in [3.05, 3.63) is 0 Å². The Balaban J connectivity index is 2.52. The first-order chi connectivity index (χ1) is 5.16. The Hall–Kier alpha value is 0.190. The lowest BCUT2D eigenvalue weighted by atomic mass is 10.1. The maximum atomic E-state index is 9.26. The number of aliphatic hydroxyl groups excluding tert-OH is 2. The zero-order valence-electron chi connectivity index (χ0n) is 6.17. The summed E-state index contributed by atoms with van der Waals surface area (Å²) in [5.74, 6) is 0. The molecule has 66 valence electrons. The maximum absolute atomic E-state index is 9.26. The van der Waals surface area contributed by atoms with Crippen LogP contribution in [-0.4, -0.2) is 47.7 Å². The summed E-state index contributed by atoms with van der Waals surface area (Å²) in [5, 5.41) is 18.2. The molecule has 1 aliphatic heterocycles. The van der Waals surface area contributed by atoms with Gasteiger partial charge in [0, 0.05) is 7.11 Å². The van der Waals surface area contributed by atoms with E-state index in [-0.39, 0.29) is 5.25 Å². The molecule has 0 saturated carbocycles. The van der Waals surface area contributed by atoms with Gasteiger partial charge in [-0.3, -0.25) is 0 Å². The molecule has 2 N–H and O–H groups in total. The summed E-state index contributed by atoms with van der Waals surface area (Å²) >= 11 is 4.00. The molecule has 5 heteroatoms. The van der Waals surface area contributed by atoms with Gasteiger partial charge in [0.1, 0.15) is 6.10 Å². The quantitative estimate of drug-likeness (QED) is 0.453. The molecule has 0 aromatic rings. The van der Waals surface area contributed by atoms with Crippen LogP contribution in [0.3, 0.4) is 0 Å². The minimum absolute atomic E-state index is 0.292. The zero-order valence-corrected chi connectivity index (χ0v) is 7.07. The summed E-state index contributed by atoms with van der Waals surface area (Å²) in [6.07, 6.45) is -2.61. The molecule has 0 spiro atoms. The van der Waals surface area contributed by atoms with Gasteiger partial charge in [-0.15, -0.1) is 0 Å². The molecule has 0 aromatic carbocycles. The molecule has 0 aliphatic carbocycles. The second kappa shape index (κ2) is 3.73. The molecule has 0 amide bonds. The number of hydrogen-bond donors (Lipinski definition) is 3. The minimum atomic E-state index is -1.00. The molecule has 0 radical (unpaired) electrons. The number of rotatable bonds is 1. The van der Waals surface area contributed by atoms with E-state index in [1.165, 1.54) is 7.11 Å². The van der Waals surface area contributed by atoms with E-state index < -0.39 is 18.5 Å². The van der Waals surface area contributed by atoms with Crippen LogP contribution in [0.5, 0.6) is 0 Å². The van der Waals surface area contributed by atoms with E-state index in [1.807, 2.05) is 0 Å². The second-order valence-electron chi connectivity index (χ2n) is 2.49. The third-order valence-electron chi connectivity index (χ3n) is 1.69. The lowest BCUT2D eigenvalue weighted by molar-refractivity contribution is -0.229. The van der Waals surface area contributed by atoms with Crippen LogP contribution in [0.25, 0.3) is 0 Å². The predicted molar refractivity (Wildman–Crippen MR) is 41.5 cm³/mol. The van der Waals surface area contributed by atoms with Crippen molar-refractivity contribution in [1.82, 2.24) is 0 Å². The van der Waals surface area contributed by atoms with Crippen LogP contribution < -0.4 is 0 Å². The van der Waals surface area contributed by atoms with E-state index in [2.05, 4.69) is 12.6 Å². The summed E-state index contributed by atoms with van der Waals surface area (Å²) in [6.45, 7) is 0.292. The summed E-state index contributed by atoms with van der Waals surface area (Å²) < 4.78 is 9.77. The molecule has 4 atom stereocenters. The molecule has 1 fully saturated rings. The van der Waals surface area contributed by atoms with Crippen molar-refractivity contribution in [2.45, 2.75) is 23.7 Å². The Kier molecular flexibility index (Phi) is 3.15. The fourth-order valence-electron chi connectivity index (χ4n) is 0.987. The van der Waals surface area contributed by atoms with Crippen LogP contribution in [0, 0.1) is 0 Å². The SMILES string of the molecule is CO[C@H]1OC[C@@H](S)[C@H](O)[C@H]1O. The van der Waals surface area contributed by atoms with Crippen LogP contribution in [0.2, 0.25) is 0 Å². The highest BCUT2D eigenvalue weighted by Crippen LogP contribution is 2.19. The number of aliphatic hydroxyl groups is 2. The lowest BCUT2D eigenvalue weighted by Gasteiger charge is -2.34. The fraction of sp³-hybridized carbons (Fsp3) is 1.00. The van der Waals surface area contributed by atoms with Gasteiger partial charge in [0.2, 0.25) is 0 Å². The van der Waals surface area contributed by atoms with Gasteiger partial charge in [0.15, 0.2) is 6.29 Å². The van der Waals surface area contributed by atoms with Gasteiger partial charge in [-0.05, 0) is 0 Å². The Morgan fingerprint density at radius 1 is 1.45 bits per heavy atom. The standard InChI is InChI=1S/C6H12O4S/c1-9-6-5(8)4(7)3(11)2-10-6/h3-8,11H,2H2,1H3/t3-,4+,5-,6+/m1/s1. The monoisotopic (exact) mass is 180 g/mol. The highest BCUT2D eigenvalue weighted by atomic mass is 32.1. The summed E-state index contributed by atoms with van der Waals surface area (Å²) in [4.78, 5) is 0. The number of hydrogen-bond acceptors (Lipinski definition) is 5. The van der Waals surface area contributed by atoms with E-state index in [0.29, 0.717) is 6.61 Å². The van der Waals surface area contributed by atoms with E-state index in [4.69, 9.17) is 9.47 Å². The summed E-state index contributed by atoms with van der Waals surface area (Å²) in [6, 6.07) is 0. The van der Waals surface area contributed by atoms with E-state index >= 15 is 0 Å². The van der Waals surface area contributed by atoms with Crippen molar-refractivity contribution in [2.24, 2.45) is 0 Å². The molecule has 1 heterocycles. The maximum Gasteiger partial charge on any atom is 0.185 e. The van der Waals surface area contributed by atoms with Crippen molar-refractivity contribution < 1.29 is 19.7 Å². The third-order valence-corrected chi connectivity index (χ3v) is 2.14. The number of methoxy groups -OCH3 is 1. The molecule has 4 nitrogen and oxygen atoms in total. The first-order valence-electron chi connectivity index (χ1n) is 3.35. The van der Waals surface area contributed by atoms with Gasteiger partial charge in [-0.2, -0.15) is 12.6 Å². The molecule has 1 aliphatic rings. The minimum Gasteiger partial charge on any atom is -0.389 e. The van der Waals surface area contributed by atoms with Crippen LogP contribution in [-0.2, 0) is 9.47 Å². The lowest BCUT2D eigenvalue weighted by Crippen LogP contribution is -2.51. The van der Waals surface area contributed by atoms with Gasteiger partial charge in [-0.25, -0.2) is 0 Å². The zero-order chi connectivity index (χ0) is 8.43. The largest absolute Gasteiger partial charge is 0.389 e. The van der Waals surface area contributed by atoms with Crippen LogP contribution in [0.15, 0.2) is 0 Å². The topological polar surface area (TPSA) is 58.9 Å². The van der Waals surface area contributed by atoms with Crippen LogP contribution in [0.1, 0.15) is 0 Å². The van der Waals surface area contributed by atoms with Gasteiger partial charge in [0.05, 0.1) is 18.0 Å². The van der Waals surface area contributed by atoms with E-state index in [0.717, 1.165) is 0 Å². The molecule has 11 heavy (non-hydrogen) atoms. The number of thiol groups is 1. The average Bonchev–Trinajstić information content (AvgIpc) is 2.01. The van der Waals surface area contributed by atoms with E-state index in [1.54, 1.807) is 0 Å². The molecular weight excluding hydrogens is 168 g/mol. The second-order valence-corrected chi connectivity index (χ2v) is 3.15. The summed E-state index contributed by atoms with van der Waals surface area (Å²) in [5.41, 5.74) is 0. The van der Waals surface area contributed by atoms with Crippen molar-refractivity contribution in [2.75, 3.05) is 13.7 Å². The van der Waals surface area contributed by atoms with Gasteiger partial charge >= 0.3 is 0 Å². The Morgan fingerprint density at radius 3 is 2.64 bits per heavy atom. The summed E-state index contributed by atoms with van der Waals surface area (Å²) in [7, 11) is 1.42. The predicted octanol–water partition coefficient (Wildman–Crippen LogP) is -0.991. The Labute approximate surface area is 70.5 Å². The molecule has 0 bridgehead atoms. The van der Waals surface area contributed by atoms with Crippen molar-refractivity contribution in [3.63, 3.8) is 0 Å². The molecule has 0 aromatic heterocycles. The Morgan fingerprint density at radius 2 is 2.09 bits per heavy atom. The molecular formula is C6H12O4S. The first kappa shape index (κ1) is 9.28. The van der Waals surface area contributed by atoms with E-state index in [9.17, 15) is 10.2 Å². The molecule has 1 saturated heterocycles.